The van der Waals surface area contributed by atoms with Crippen LogP contribution in [-0.2, 0) is 4.79 Å². The second-order valence-electron chi connectivity index (χ2n) is 4.85. The number of likely N-dealkylation sites (tertiary alicyclic amines) is 1. The summed E-state index contributed by atoms with van der Waals surface area (Å²) in [5.41, 5.74) is 6.34. The van der Waals surface area contributed by atoms with E-state index in [-0.39, 0.29) is 18.5 Å². The summed E-state index contributed by atoms with van der Waals surface area (Å²) in [6.45, 7) is 0.812. The van der Waals surface area contributed by atoms with Gasteiger partial charge in [-0.1, -0.05) is 0 Å². The molecular formula is C14H16N6O. The zero-order valence-corrected chi connectivity index (χ0v) is 11.5. The van der Waals surface area contributed by atoms with E-state index in [2.05, 4.69) is 16.4 Å². The lowest BCUT2D eigenvalue weighted by atomic mass is 10.2. The van der Waals surface area contributed by atoms with Crippen molar-refractivity contribution in [3.63, 3.8) is 0 Å². The highest BCUT2D eigenvalue weighted by atomic mass is 16.2. The first-order valence-electron chi connectivity index (χ1n) is 6.71. The van der Waals surface area contributed by atoms with E-state index in [1.807, 2.05) is 6.07 Å². The zero-order valence-electron chi connectivity index (χ0n) is 11.5. The second kappa shape index (κ2) is 6.69. The molecule has 0 aliphatic carbocycles. The van der Waals surface area contributed by atoms with Gasteiger partial charge in [-0.2, -0.15) is 10.5 Å². The maximum atomic E-state index is 12.2. The van der Waals surface area contributed by atoms with Gasteiger partial charge in [0, 0.05) is 19.3 Å². The van der Waals surface area contributed by atoms with Gasteiger partial charge in [-0.05, 0) is 25.0 Å². The fourth-order valence-corrected chi connectivity index (χ4v) is 2.24. The Hall–Kier alpha value is -2.64. The molecule has 108 valence electrons. The molecule has 7 heteroatoms. The number of amides is 1. The largest absolute Gasteiger partial charge is 0.368 e. The molecule has 7 nitrogen and oxygen atoms in total. The lowest BCUT2D eigenvalue weighted by molar-refractivity contribution is -0.132. The maximum Gasteiger partial charge on any atom is 0.242 e. The van der Waals surface area contributed by atoms with E-state index < -0.39 is 6.04 Å². The highest BCUT2D eigenvalue weighted by molar-refractivity contribution is 5.83. The van der Waals surface area contributed by atoms with Crippen LogP contribution in [0, 0.1) is 22.7 Å². The molecule has 0 spiro atoms. The third-order valence-corrected chi connectivity index (χ3v) is 3.40. The SMILES string of the molecule is N#Cc1ccc(NC[C@H](N)C(=O)N2CCC[C@H]2C#N)nc1. The second-order valence-corrected chi connectivity index (χ2v) is 4.85. The van der Waals surface area contributed by atoms with Crippen molar-refractivity contribution in [3.8, 4) is 12.1 Å². The van der Waals surface area contributed by atoms with E-state index in [1.165, 1.54) is 6.20 Å². The van der Waals surface area contributed by atoms with Crippen LogP contribution in [0.3, 0.4) is 0 Å². The van der Waals surface area contributed by atoms with Crippen LogP contribution in [0.5, 0.6) is 0 Å². The Morgan fingerprint density at radius 3 is 3.00 bits per heavy atom. The molecule has 1 fully saturated rings. The number of anilines is 1. The van der Waals surface area contributed by atoms with Crippen LogP contribution in [0.4, 0.5) is 5.82 Å². The van der Waals surface area contributed by atoms with Crippen molar-refractivity contribution in [2.75, 3.05) is 18.4 Å². The number of carbonyl (C=O) groups is 1. The summed E-state index contributed by atoms with van der Waals surface area (Å²) in [5.74, 6) is 0.329. The number of hydrogen-bond acceptors (Lipinski definition) is 6. The molecule has 0 aromatic carbocycles. The molecule has 21 heavy (non-hydrogen) atoms. The molecule has 0 unspecified atom stereocenters. The quantitative estimate of drug-likeness (QED) is 0.815. The van der Waals surface area contributed by atoms with Crippen molar-refractivity contribution in [2.45, 2.75) is 24.9 Å². The predicted octanol–water partition coefficient (Wildman–Crippen LogP) is 0.207. The smallest absolute Gasteiger partial charge is 0.242 e. The molecular weight excluding hydrogens is 268 g/mol. The number of nitrogens with one attached hydrogen (secondary N) is 1. The fourth-order valence-electron chi connectivity index (χ4n) is 2.24. The molecule has 1 aromatic heterocycles. The van der Waals surface area contributed by atoms with Gasteiger partial charge in [0.15, 0.2) is 0 Å². The van der Waals surface area contributed by atoms with E-state index in [0.29, 0.717) is 24.3 Å². The number of rotatable bonds is 4. The predicted molar refractivity (Wildman–Crippen MR) is 75.8 cm³/mol. The number of carbonyl (C=O) groups excluding carboxylic acids is 1. The van der Waals surface area contributed by atoms with E-state index in [9.17, 15) is 4.79 Å². The maximum absolute atomic E-state index is 12.2. The number of hydrogen-bond donors (Lipinski definition) is 2. The molecule has 2 heterocycles. The van der Waals surface area contributed by atoms with Crippen LogP contribution in [0.15, 0.2) is 18.3 Å². The first-order chi connectivity index (χ1) is 10.2. The normalized spacial score (nSPS) is 18.6. The minimum Gasteiger partial charge on any atom is -0.368 e. The number of nitrogens with zero attached hydrogens (tertiary/aromatic N) is 4. The summed E-state index contributed by atoms with van der Waals surface area (Å²) in [4.78, 5) is 17.8. The van der Waals surface area contributed by atoms with Crippen molar-refractivity contribution in [1.29, 1.82) is 10.5 Å². The van der Waals surface area contributed by atoms with Gasteiger partial charge in [0.1, 0.15) is 24.0 Å². The van der Waals surface area contributed by atoms with E-state index in [0.717, 1.165) is 6.42 Å². The minimum absolute atomic E-state index is 0.222. The summed E-state index contributed by atoms with van der Waals surface area (Å²) in [7, 11) is 0. The van der Waals surface area contributed by atoms with Gasteiger partial charge in [-0.25, -0.2) is 4.98 Å². The molecule has 1 amide bonds. The molecule has 0 saturated carbocycles. The van der Waals surface area contributed by atoms with Gasteiger partial charge in [0.05, 0.1) is 11.6 Å². The van der Waals surface area contributed by atoms with Crippen molar-refractivity contribution in [2.24, 2.45) is 5.73 Å². The first kappa shape index (κ1) is 14.8. The number of nitriles is 2. The zero-order chi connectivity index (χ0) is 15.2. The van der Waals surface area contributed by atoms with Crippen molar-refractivity contribution >= 4 is 11.7 Å². The topological polar surface area (TPSA) is 119 Å². The Morgan fingerprint density at radius 2 is 2.38 bits per heavy atom. The average molecular weight is 284 g/mol. The molecule has 0 bridgehead atoms. The van der Waals surface area contributed by atoms with Gasteiger partial charge in [0.2, 0.25) is 5.91 Å². The van der Waals surface area contributed by atoms with Crippen molar-refractivity contribution in [3.05, 3.63) is 23.9 Å². The summed E-state index contributed by atoms with van der Waals surface area (Å²) in [6.07, 6.45) is 2.99. The molecule has 2 atom stereocenters. The van der Waals surface area contributed by atoms with Gasteiger partial charge < -0.3 is 16.0 Å². The number of nitrogens with two attached hydrogens (primary N) is 1. The fraction of sp³-hybridized carbons (Fsp3) is 0.429. The Bertz CT molecular complexity index is 585. The third-order valence-electron chi connectivity index (χ3n) is 3.40. The molecule has 3 N–H and O–H groups in total. The van der Waals surface area contributed by atoms with Crippen LogP contribution >= 0.6 is 0 Å². The van der Waals surface area contributed by atoms with Crippen LogP contribution in [0.2, 0.25) is 0 Å². The molecule has 1 saturated heterocycles. The first-order valence-corrected chi connectivity index (χ1v) is 6.71. The average Bonchev–Trinajstić information content (AvgIpc) is 3.00. The molecule has 1 aliphatic rings. The highest BCUT2D eigenvalue weighted by Crippen LogP contribution is 2.17. The Balaban J connectivity index is 1.89. The van der Waals surface area contributed by atoms with Crippen LogP contribution in [0.1, 0.15) is 18.4 Å². The monoisotopic (exact) mass is 284 g/mol. The lowest BCUT2D eigenvalue weighted by Crippen LogP contribution is -2.48. The van der Waals surface area contributed by atoms with Gasteiger partial charge in [-0.15, -0.1) is 0 Å². The Morgan fingerprint density at radius 1 is 1.57 bits per heavy atom. The molecule has 1 aromatic rings. The Kier molecular flexibility index (Phi) is 4.70. The number of aromatic nitrogens is 1. The van der Waals surface area contributed by atoms with E-state index in [1.54, 1.807) is 17.0 Å². The summed E-state index contributed by atoms with van der Waals surface area (Å²) in [6, 6.07) is 6.30. The van der Waals surface area contributed by atoms with Crippen molar-refractivity contribution < 1.29 is 4.79 Å². The summed E-state index contributed by atoms with van der Waals surface area (Å²) < 4.78 is 0. The highest BCUT2D eigenvalue weighted by Gasteiger charge is 2.31. The van der Waals surface area contributed by atoms with Crippen LogP contribution in [0.25, 0.3) is 0 Å². The van der Waals surface area contributed by atoms with Crippen molar-refractivity contribution in [1.82, 2.24) is 9.88 Å². The summed E-state index contributed by atoms with van der Waals surface area (Å²) in [5, 5.41) is 20.6. The van der Waals surface area contributed by atoms with E-state index >= 15 is 0 Å². The van der Waals surface area contributed by atoms with Crippen LogP contribution < -0.4 is 11.1 Å². The van der Waals surface area contributed by atoms with Gasteiger partial charge in [-0.3, -0.25) is 4.79 Å². The Labute approximate surface area is 123 Å². The lowest BCUT2D eigenvalue weighted by Gasteiger charge is -2.23. The molecule has 0 radical (unpaired) electrons. The molecule has 1 aliphatic heterocycles. The summed E-state index contributed by atoms with van der Waals surface area (Å²) >= 11 is 0. The van der Waals surface area contributed by atoms with E-state index in [4.69, 9.17) is 16.3 Å². The molecule has 2 rings (SSSR count). The van der Waals surface area contributed by atoms with Gasteiger partial charge in [0.25, 0.3) is 0 Å². The third kappa shape index (κ3) is 3.47. The minimum atomic E-state index is -0.726. The standard InChI is InChI=1S/C14H16N6O/c15-6-10-3-4-13(18-8-10)19-9-12(17)14(21)20-5-1-2-11(20)7-16/h3-4,8,11-12H,1-2,5,9,17H2,(H,18,19)/t11-,12-/m0/s1. The number of pyridine rings is 1. The van der Waals surface area contributed by atoms with Gasteiger partial charge >= 0.3 is 0 Å². The van der Waals surface area contributed by atoms with Crippen LogP contribution in [-0.4, -0.2) is 41.0 Å².